The van der Waals surface area contributed by atoms with E-state index in [0.717, 1.165) is 5.82 Å². The fourth-order valence-corrected chi connectivity index (χ4v) is 3.17. The molecule has 1 aromatic rings. The SMILES string of the molecule is C1=C[Se](Nc2ccncn2)C=C1. The Kier molecular flexibility index (Phi) is 2.21. The topological polar surface area (TPSA) is 37.8 Å². The third kappa shape index (κ3) is 1.72. The maximum atomic E-state index is 4.08. The molecule has 1 aliphatic rings. The van der Waals surface area contributed by atoms with E-state index in [2.05, 4.69) is 36.4 Å². The minimum atomic E-state index is -0.880. The van der Waals surface area contributed by atoms with E-state index in [1.54, 1.807) is 12.5 Å². The summed E-state index contributed by atoms with van der Waals surface area (Å²) in [5, 5.41) is 0. The fraction of sp³-hybridized carbons (Fsp3) is 0. The number of hydrogen-bond acceptors (Lipinski definition) is 3. The molecule has 0 saturated carbocycles. The van der Waals surface area contributed by atoms with Gasteiger partial charge >= 0.3 is 74.9 Å². The molecule has 0 bridgehead atoms. The molecule has 12 heavy (non-hydrogen) atoms. The van der Waals surface area contributed by atoms with Crippen LogP contribution in [0, 0.1) is 0 Å². The number of rotatable bonds is 2. The fourth-order valence-electron chi connectivity index (χ4n) is 0.845. The van der Waals surface area contributed by atoms with Crippen molar-refractivity contribution in [2.75, 3.05) is 4.33 Å². The standard InChI is InChI=1S/C8H8N3Se/c1-2-6-12(5-1)11-8-3-4-9-7-10-8/h1-7H,(H,9,10,11). The van der Waals surface area contributed by atoms with Crippen molar-refractivity contribution in [2.45, 2.75) is 0 Å². The van der Waals surface area contributed by atoms with Gasteiger partial charge in [-0.15, -0.1) is 0 Å². The van der Waals surface area contributed by atoms with E-state index in [-0.39, 0.29) is 0 Å². The van der Waals surface area contributed by atoms with Crippen molar-refractivity contribution in [1.29, 1.82) is 0 Å². The zero-order chi connectivity index (χ0) is 8.23. The summed E-state index contributed by atoms with van der Waals surface area (Å²) in [6.07, 6.45) is 7.43. The van der Waals surface area contributed by atoms with Crippen LogP contribution in [-0.4, -0.2) is 24.1 Å². The Morgan fingerprint density at radius 2 is 2.08 bits per heavy atom. The second-order valence-corrected chi connectivity index (χ2v) is 5.36. The Bertz CT molecular complexity index is 295. The van der Waals surface area contributed by atoms with Crippen molar-refractivity contribution in [3.05, 3.63) is 40.7 Å². The number of hydrogen-bond donors (Lipinski definition) is 1. The van der Waals surface area contributed by atoms with Gasteiger partial charge < -0.3 is 0 Å². The molecular formula is C8H8N3Se. The molecule has 0 saturated heterocycles. The van der Waals surface area contributed by atoms with Gasteiger partial charge in [0.1, 0.15) is 0 Å². The molecule has 0 fully saturated rings. The van der Waals surface area contributed by atoms with E-state index >= 15 is 0 Å². The first-order chi connectivity index (χ1) is 5.95. The molecule has 0 amide bonds. The first kappa shape index (κ1) is 7.52. The number of nitrogens with zero attached hydrogens (tertiary/aromatic N) is 2. The summed E-state index contributed by atoms with van der Waals surface area (Å²) in [4.78, 5) is 12.3. The molecule has 0 atom stereocenters. The second kappa shape index (κ2) is 3.52. The van der Waals surface area contributed by atoms with E-state index < -0.39 is 14.1 Å². The summed E-state index contributed by atoms with van der Waals surface area (Å²) in [5.41, 5.74) is 0. The average Bonchev–Trinajstić information content (AvgIpc) is 2.59. The van der Waals surface area contributed by atoms with Gasteiger partial charge in [0.25, 0.3) is 0 Å². The Morgan fingerprint density at radius 1 is 1.25 bits per heavy atom. The molecule has 61 valence electrons. The second-order valence-electron chi connectivity index (χ2n) is 2.23. The molecule has 0 spiro atoms. The normalized spacial score (nSPS) is 15.3. The molecule has 0 unspecified atom stereocenters. The summed E-state index contributed by atoms with van der Waals surface area (Å²) < 4.78 is 3.34. The van der Waals surface area contributed by atoms with Crippen LogP contribution >= 0.6 is 0 Å². The molecule has 3 nitrogen and oxygen atoms in total. The summed E-state index contributed by atoms with van der Waals surface area (Å²) in [7, 11) is 0. The van der Waals surface area contributed by atoms with E-state index in [0.29, 0.717) is 0 Å². The van der Waals surface area contributed by atoms with Crippen LogP contribution in [0.5, 0.6) is 0 Å². The number of nitrogens with one attached hydrogen (secondary N) is 1. The van der Waals surface area contributed by atoms with E-state index in [1.807, 2.05) is 6.07 Å². The quantitative estimate of drug-likeness (QED) is 0.765. The van der Waals surface area contributed by atoms with Crippen LogP contribution in [0.1, 0.15) is 0 Å². The molecule has 1 N–H and O–H groups in total. The van der Waals surface area contributed by atoms with Gasteiger partial charge in [0.15, 0.2) is 0 Å². The summed E-state index contributed by atoms with van der Waals surface area (Å²) in [6, 6.07) is 1.88. The minimum absolute atomic E-state index is 0.880. The van der Waals surface area contributed by atoms with Gasteiger partial charge in [-0.25, -0.2) is 0 Å². The van der Waals surface area contributed by atoms with Gasteiger partial charge in [0.05, 0.1) is 0 Å². The van der Waals surface area contributed by atoms with Crippen LogP contribution in [-0.2, 0) is 0 Å². The van der Waals surface area contributed by atoms with Crippen LogP contribution in [0.15, 0.2) is 40.7 Å². The van der Waals surface area contributed by atoms with E-state index in [1.165, 1.54) is 0 Å². The molecule has 1 radical (unpaired) electrons. The molecule has 0 aromatic carbocycles. The van der Waals surface area contributed by atoms with Crippen LogP contribution in [0.3, 0.4) is 0 Å². The Morgan fingerprint density at radius 3 is 2.75 bits per heavy atom. The summed E-state index contributed by atoms with van der Waals surface area (Å²) in [5.74, 6) is 0.909. The van der Waals surface area contributed by atoms with Gasteiger partial charge in [-0.3, -0.25) is 0 Å². The molecule has 2 heterocycles. The molecular weight excluding hydrogens is 217 g/mol. The molecule has 1 aliphatic heterocycles. The number of aromatic nitrogens is 2. The van der Waals surface area contributed by atoms with Gasteiger partial charge in [-0.2, -0.15) is 0 Å². The summed E-state index contributed by atoms with van der Waals surface area (Å²) in [6.45, 7) is 0. The maximum absolute atomic E-state index is 4.08. The van der Waals surface area contributed by atoms with Crippen molar-refractivity contribution in [1.82, 2.24) is 9.97 Å². The van der Waals surface area contributed by atoms with E-state index in [4.69, 9.17) is 0 Å². The number of allylic oxidation sites excluding steroid dienone is 2. The van der Waals surface area contributed by atoms with Crippen molar-refractivity contribution in [2.24, 2.45) is 0 Å². The zero-order valence-electron chi connectivity index (χ0n) is 6.34. The molecule has 1 aromatic heterocycles. The van der Waals surface area contributed by atoms with Crippen LogP contribution in [0.4, 0.5) is 5.82 Å². The van der Waals surface area contributed by atoms with Gasteiger partial charge in [-0.1, -0.05) is 0 Å². The van der Waals surface area contributed by atoms with Crippen molar-refractivity contribution < 1.29 is 0 Å². The Balaban J connectivity index is 2.04. The van der Waals surface area contributed by atoms with Gasteiger partial charge in [-0.05, 0) is 0 Å². The summed E-state index contributed by atoms with van der Waals surface area (Å²) >= 11 is -0.880. The average molecular weight is 225 g/mol. The Labute approximate surface area is 75.3 Å². The van der Waals surface area contributed by atoms with Gasteiger partial charge in [0.2, 0.25) is 0 Å². The predicted molar refractivity (Wildman–Crippen MR) is 49.7 cm³/mol. The van der Waals surface area contributed by atoms with Gasteiger partial charge in [0, 0.05) is 0 Å². The van der Waals surface area contributed by atoms with Crippen LogP contribution in [0.2, 0.25) is 0 Å². The van der Waals surface area contributed by atoms with Crippen molar-refractivity contribution >= 4 is 19.9 Å². The number of anilines is 1. The predicted octanol–water partition coefficient (Wildman–Crippen LogP) is 1.08. The van der Waals surface area contributed by atoms with Crippen LogP contribution in [0.25, 0.3) is 0 Å². The van der Waals surface area contributed by atoms with E-state index in [9.17, 15) is 0 Å². The molecule has 4 heteroatoms. The Hall–Kier alpha value is -1.12. The van der Waals surface area contributed by atoms with Crippen molar-refractivity contribution in [3.8, 4) is 0 Å². The first-order valence-corrected chi connectivity index (χ1v) is 6.38. The third-order valence-electron chi connectivity index (χ3n) is 1.37. The van der Waals surface area contributed by atoms with Crippen molar-refractivity contribution in [3.63, 3.8) is 0 Å². The van der Waals surface area contributed by atoms with Crippen LogP contribution < -0.4 is 4.33 Å². The molecule has 2 rings (SSSR count). The third-order valence-corrected chi connectivity index (χ3v) is 4.19. The monoisotopic (exact) mass is 226 g/mol. The molecule has 0 aliphatic carbocycles. The first-order valence-electron chi connectivity index (χ1n) is 3.55. The zero-order valence-corrected chi connectivity index (χ0v) is 8.06.